The number of aliphatic hydroxyl groups is 1. The number of aliphatic hydroxyl groups excluding tert-OH is 1. The molecule has 2 rings (SSSR count). The lowest BCUT2D eigenvalue weighted by molar-refractivity contribution is 0.214. The minimum absolute atomic E-state index is 0.0753. The lowest BCUT2D eigenvalue weighted by Gasteiger charge is -2.13. The zero-order valence-electron chi connectivity index (χ0n) is 9.00. The quantitative estimate of drug-likeness (QED) is 0.881. The SMILES string of the molecule is OC(c1cc(F)cc(F)c1)c1cccc(Cl)c1F. The summed E-state index contributed by atoms with van der Waals surface area (Å²) in [5.74, 6) is -2.49. The van der Waals surface area contributed by atoms with Gasteiger partial charge in [0.25, 0.3) is 0 Å². The Hall–Kier alpha value is -1.52. The summed E-state index contributed by atoms with van der Waals surface area (Å²) >= 11 is 5.57. The molecule has 1 unspecified atom stereocenters. The van der Waals surface area contributed by atoms with Crippen molar-refractivity contribution in [3.8, 4) is 0 Å². The Balaban J connectivity index is 2.47. The molecule has 0 amide bonds. The van der Waals surface area contributed by atoms with Crippen molar-refractivity contribution in [2.24, 2.45) is 0 Å². The molecule has 0 aliphatic heterocycles. The van der Waals surface area contributed by atoms with Crippen LogP contribution in [-0.4, -0.2) is 5.11 Å². The summed E-state index contributed by atoms with van der Waals surface area (Å²) in [6, 6.07) is 6.61. The van der Waals surface area contributed by atoms with Gasteiger partial charge in [-0.1, -0.05) is 23.7 Å². The summed E-state index contributed by atoms with van der Waals surface area (Å²) in [7, 11) is 0. The smallest absolute Gasteiger partial charge is 0.147 e. The first-order valence-corrected chi connectivity index (χ1v) is 5.45. The van der Waals surface area contributed by atoms with Gasteiger partial charge in [-0.15, -0.1) is 0 Å². The largest absolute Gasteiger partial charge is 0.384 e. The molecule has 2 aromatic rings. The average Bonchev–Trinajstić information content (AvgIpc) is 2.30. The lowest BCUT2D eigenvalue weighted by atomic mass is 10.0. The van der Waals surface area contributed by atoms with E-state index in [4.69, 9.17) is 11.6 Å². The van der Waals surface area contributed by atoms with Crippen molar-refractivity contribution in [3.05, 3.63) is 70.0 Å². The summed E-state index contributed by atoms with van der Waals surface area (Å²) in [4.78, 5) is 0. The Bertz CT molecular complexity index is 566. The Labute approximate surface area is 106 Å². The van der Waals surface area contributed by atoms with E-state index in [9.17, 15) is 18.3 Å². The van der Waals surface area contributed by atoms with E-state index in [2.05, 4.69) is 0 Å². The molecule has 0 aliphatic carbocycles. The van der Waals surface area contributed by atoms with Gasteiger partial charge in [0.15, 0.2) is 0 Å². The van der Waals surface area contributed by atoms with Gasteiger partial charge in [-0.2, -0.15) is 0 Å². The maximum atomic E-state index is 13.7. The van der Waals surface area contributed by atoms with Crippen LogP contribution in [0.25, 0.3) is 0 Å². The number of benzene rings is 2. The molecule has 0 radical (unpaired) electrons. The van der Waals surface area contributed by atoms with Crippen LogP contribution in [0.2, 0.25) is 5.02 Å². The van der Waals surface area contributed by atoms with Gasteiger partial charge in [-0.05, 0) is 23.8 Å². The van der Waals surface area contributed by atoms with Crippen LogP contribution in [-0.2, 0) is 0 Å². The van der Waals surface area contributed by atoms with Crippen molar-refractivity contribution >= 4 is 11.6 Å². The molecule has 1 atom stereocenters. The lowest BCUT2D eigenvalue weighted by Crippen LogP contribution is -2.04. The number of hydrogen-bond donors (Lipinski definition) is 1. The first kappa shape index (κ1) is 12.9. The zero-order valence-corrected chi connectivity index (χ0v) is 9.76. The van der Waals surface area contributed by atoms with Crippen LogP contribution in [0.3, 0.4) is 0 Å². The predicted octanol–water partition coefficient (Wildman–Crippen LogP) is 3.84. The topological polar surface area (TPSA) is 20.2 Å². The monoisotopic (exact) mass is 272 g/mol. The van der Waals surface area contributed by atoms with Crippen molar-refractivity contribution < 1.29 is 18.3 Å². The van der Waals surface area contributed by atoms with Gasteiger partial charge in [-0.25, -0.2) is 13.2 Å². The average molecular weight is 273 g/mol. The fourth-order valence-electron chi connectivity index (χ4n) is 1.64. The predicted molar refractivity (Wildman–Crippen MR) is 61.8 cm³/mol. The summed E-state index contributed by atoms with van der Waals surface area (Å²) in [6.45, 7) is 0. The minimum Gasteiger partial charge on any atom is -0.384 e. The van der Waals surface area contributed by atoms with Crippen molar-refractivity contribution in [2.75, 3.05) is 0 Å². The summed E-state index contributed by atoms with van der Waals surface area (Å²) < 4.78 is 39.7. The van der Waals surface area contributed by atoms with Crippen molar-refractivity contribution in [3.63, 3.8) is 0 Å². The molecule has 0 spiro atoms. The third-order valence-corrected chi connectivity index (χ3v) is 2.77. The van der Waals surface area contributed by atoms with E-state index in [0.717, 1.165) is 12.1 Å². The maximum absolute atomic E-state index is 13.7. The highest BCUT2D eigenvalue weighted by molar-refractivity contribution is 6.30. The molecule has 0 saturated carbocycles. The minimum atomic E-state index is -1.48. The fraction of sp³-hybridized carbons (Fsp3) is 0.0769. The molecule has 5 heteroatoms. The van der Waals surface area contributed by atoms with E-state index >= 15 is 0 Å². The summed E-state index contributed by atoms with van der Waals surface area (Å²) in [5.41, 5.74) is -0.207. The highest BCUT2D eigenvalue weighted by Crippen LogP contribution is 2.28. The van der Waals surface area contributed by atoms with Crippen LogP contribution < -0.4 is 0 Å². The second-order valence-electron chi connectivity index (χ2n) is 3.75. The van der Waals surface area contributed by atoms with Gasteiger partial charge in [0.2, 0.25) is 0 Å². The first-order chi connectivity index (χ1) is 8.49. The van der Waals surface area contributed by atoms with Gasteiger partial charge >= 0.3 is 0 Å². The highest BCUT2D eigenvalue weighted by atomic mass is 35.5. The Morgan fingerprint density at radius 1 is 1.00 bits per heavy atom. The zero-order chi connectivity index (χ0) is 13.3. The molecule has 0 heterocycles. The molecule has 2 aromatic carbocycles. The summed E-state index contributed by atoms with van der Waals surface area (Å²) in [6.07, 6.45) is -1.48. The van der Waals surface area contributed by atoms with Crippen molar-refractivity contribution in [1.29, 1.82) is 0 Å². The molecule has 0 fully saturated rings. The number of halogens is 4. The van der Waals surface area contributed by atoms with Crippen LogP contribution in [0, 0.1) is 17.5 Å². The van der Waals surface area contributed by atoms with Crippen molar-refractivity contribution in [1.82, 2.24) is 0 Å². The highest BCUT2D eigenvalue weighted by Gasteiger charge is 2.18. The van der Waals surface area contributed by atoms with Crippen LogP contribution in [0.4, 0.5) is 13.2 Å². The van der Waals surface area contributed by atoms with Gasteiger partial charge < -0.3 is 5.11 Å². The van der Waals surface area contributed by atoms with E-state index in [1.165, 1.54) is 18.2 Å². The Morgan fingerprint density at radius 3 is 2.22 bits per heavy atom. The van der Waals surface area contributed by atoms with Crippen LogP contribution in [0.15, 0.2) is 36.4 Å². The molecular weight excluding hydrogens is 265 g/mol. The second-order valence-corrected chi connectivity index (χ2v) is 4.16. The fourth-order valence-corrected chi connectivity index (χ4v) is 1.83. The molecule has 0 saturated heterocycles. The van der Waals surface area contributed by atoms with E-state index in [0.29, 0.717) is 6.07 Å². The van der Waals surface area contributed by atoms with Crippen molar-refractivity contribution in [2.45, 2.75) is 6.10 Å². The third kappa shape index (κ3) is 2.49. The van der Waals surface area contributed by atoms with Gasteiger partial charge in [-0.3, -0.25) is 0 Å². The van der Waals surface area contributed by atoms with Crippen LogP contribution in [0.5, 0.6) is 0 Å². The first-order valence-electron chi connectivity index (χ1n) is 5.07. The maximum Gasteiger partial charge on any atom is 0.147 e. The third-order valence-electron chi connectivity index (χ3n) is 2.48. The van der Waals surface area contributed by atoms with Gasteiger partial charge in [0.1, 0.15) is 23.6 Å². The van der Waals surface area contributed by atoms with Crippen LogP contribution >= 0.6 is 11.6 Å². The van der Waals surface area contributed by atoms with E-state index in [-0.39, 0.29) is 16.1 Å². The Morgan fingerprint density at radius 2 is 1.61 bits per heavy atom. The summed E-state index contributed by atoms with van der Waals surface area (Å²) in [5, 5.41) is 9.75. The normalized spacial score (nSPS) is 12.5. The molecule has 0 bridgehead atoms. The molecule has 18 heavy (non-hydrogen) atoms. The molecule has 0 aromatic heterocycles. The van der Waals surface area contributed by atoms with Crippen LogP contribution in [0.1, 0.15) is 17.2 Å². The van der Waals surface area contributed by atoms with E-state index < -0.39 is 23.6 Å². The van der Waals surface area contributed by atoms with Gasteiger partial charge in [0.05, 0.1) is 5.02 Å². The second kappa shape index (κ2) is 5.00. The molecule has 0 aliphatic rings. The molecule has 94 valence electrons. The standard InChI is InChI=1S/C13H8ClF3O/c14-11-3-1-2-10(12(11)17)13(18)7-4-8(15)6-9(16)5-7/h1-6,13,18H. The number of hydrogen-bond acceptors (Lipinski definition) is 1. The Kier molecular flexibility index (Phi) is 3.59. The number of rotatable bonds is 2. The molecular formula is C13H8ClF3O. The molecule has 1 nitrogen and oxygen atoms in total. The van der Waals surface area contributed by atoms with E-state index in [1.54, 1.807) is 0 Å². The van der Waals surface area contributed by atoms with Gasteiger partial charge in [0, 0.05) is 11.6 Å². The van der Waals surface area contributed by atoms with E-state index in [1.807, 2.05) is 0 Å². The molecule has 1 N–H and O–H groups in total.